The van der Waals surface area contributed by atoms with E-state index in [4.69, 9.17) is 18.0 Å². The normalized spacial score (nSPS) is 22.4. The molecule has 1 atom stereocenters. The lowest BCUT2D eigenvalue weighted by molar-refractivity contribution is 0.599. The number of hydrogen-bond acceptors (Lipinski definition) is 3. The molecule has 0 aliphatic heterocycles. The minimum Gasteiger partial charge on any atom is -0.375 e. The van der Waals surface area contributed by atoms with Gasteiger partial charge in [0.1, 0.15) is 0 Å². The van der Waals surface area contributed by atoms with Gasteiger partial charge in [-0.15, -0.1) is 0 Å². The highest BCUT2D eigenvalue weighted by Crippen LogP contribution is 2.29. The molecule has 0 bridgehead atoms. The Morgan fingerprint density at radius 1 is 1.47 bits per heavy atom. The van der Waals surface area contributed by atoms with Gasteiger partial charge in [-0.3, -0.25) is 10.4 Å². The van der Waals surface area contributed by atoms with Crippen molar-refractivity contribution in [3.05, 3.63) is 30.1 Å². The summed E-state index contributed by atoms with van der Waals surface area (Å²) in [6, 6.07) is 5.98. The van der Waals surface area contributed by atoms with Crippen molar-refractivity contribution in [1.29, 1.82) is 0 Å². The standard InChI is InChI=1S/C12H16N4S/c13-12(17)16-15-11-7-2-1-5-9(11)10-6-3-4-8-14-10/h3-4,6,8-9H,1-2,5,7H2,(H3,13,16,17). The molecule has 2 rings (SSSR count). The van der Waals surface area contributed by atoms with Crippen LogP contribution < -0.4 is 11.2 Å². The van der Waals surface area contributed by atoms with E-state index >= 15 is 0 Å². The molecule has 1 aromatic rings. The molecule has 0 saturated heterocycles. The Kier molecular flexibility index (Phi) is 4.03. The molecule has 90 valence electrons. The molecular weight excluding hydrogens is 232 g/mol. The van der Waals surface area contributed by atoms with Crippen molar-refractivity contribution in [2.45, 2.75) is 31.6 Å². The number of nitrogens with zero attached hydrogens (tertiary/aromatic N) is 2. The van der Waals surface area contributed by atoms with Crippen molar-refractivity contribution in [2.24, 2.45) is 10.8 Å². The van der Waals surface area contributed by atoms with Gasteiger partial charge in [-0.2, -0.15) is 5.10 Å². The lowest BCUT2D eigenvalue weighted by Gasteiger charge is -2.23. The average molecular weight is 248 g/mol. The SMILES string of the molecule is NC(=S)NN=C1CCCCC1c1ccccn1. The number of thiocarbonyl (C=S) groups is 1. The van der Waals surface area contributed by atoms with Crippen LogP contribution in [0.3, 0.4) is 0 Å². The number of aromatic nitrogens is 1. The Labute approximate surface area is 106 Å². The summed E-state index contributed by atoms with van der Waals surface area (Å²) in [4.78, 5) is 4.41. The van der Waals surface area contributed by atoms with Crippen LogP contribution in [-0.2, 0) is 0 Å². The van der Waals surface area contributed by atoms with Crippen LogP contribution in [0.25, 0.3) is 0 Å². The molecule has 4 nitrogen and oxygen atoms in total. The largest absolute Gasteiger partial charge is 0.375 e. The maximum absolute atomic E-state index is 5.39. The molecule has 1 aromatic heterocycles. The fraction of sp³-hybridized carbons (Fsp3) is 0.417. The van der Waals surface area contributed by atoms with E-state index in [1.165, 1.54) is 12.8 Å². The maximum atomic E-state index is 5.39. The van der Waals surface area contributed by atoms with E-state index in [-0.39, 0.29) is 5.11 Å². The average Bonchev–Trinajstić information content (AvgIpc) is 2.38. The van der Waals surface area contributed by atoms with Crippen molar-refractivity contribution in [3.8, 4) is 0 Å². The monoisotopic (exact) mass is 248 g/mol. The van der Waals surface area contributed by atoms with Gasteiger partial charge in [0, 0.05) is 23.5 Å². The third-order valence-corrected chi connectivity index (χ3v) is 3.02. The van der Waals surface area contributed by atoms with E-state index in [0.29, 0.717) is 5.92 Å². The molecule has 1 fully saturated rings. The van der Waals surface area contributed by atoms with Crippen LogP contribution in [0.2, 0.25) is 0 Å². The van der Waals surface area contributed by atoms with Crippen LogP contribution in [0, 0.1) is 0 Å². The maximum Gasteiger partial charge on any atom is 0.184 e. The second-order valence-electron chi connectivity index (χ2n) is 4.13. The smallest absolute Gasteiger partial charge is 0.184 e. The molecule has 1 aliphatic carbocycles. The number of nitrogens with two attached hydrogens (primary N) is 1. The molecule has 0 spiro atoms. The molecule has 5 heteroatoms. The van der Waals surface area contributed by atoms with E-state index in [9.17, 15) is 0 Å². The zero-order chi connectivity index (χ0) is 12.1. The summed E-state index contributed by atoms with van der Waals surface area (Å²) < 4.78 is 0. The Balaban J connectivity index is 2.18. The summed E-state index contributed by atoms with van der Waals surface area (Å²) >= 11 is 4.76. The molecule has 1 unspecified atom stereocenters. The second-order valence-corrected chi connectivity index (χ2v) is 4.57. The number of hydrogen-bond donors (Lipinski definition) is 2. The highest BCUT2D eigenvalue weighted by molar-refractivity contribution is 7.80. The first-order valence-electron chi connectivity index (χ1n) is 5.80. The van der Waals surface area contributed by atoms with E-state index in [1.807, 2.05) is 24.4 Å². The zero-order valence-electron chi connectivity index (χ0n) is 9.60. The summed E-state index contributed by atoms with van der Waals surface area (Å²) in [6.45, 7) is 0. The highest BCUT2D eigenvalue weighted by atomic mass is 32.1. The minimum absolute atomic E-state index is 0.211. The quantitative estimate of drug-likeness (QED) is 0.620. The van der Waals surface area contributed by atoms with E-state index in [0.717, 1.165) is 24.2 Å². The van der Waals surface area contributed by atoms with Crippen molar-refractivity contribution in [2.75, 3.05) is 0 Å². The van der Waals surface area contributed by atoms with Gasteiger partial charge >= 0.3 is 0 Å². The second kappa shape index (κ2) is 5.72. The highest BCUT2D eigenvalue weighted by Gasteiger charge is 2.23. The van der Waals surface area contributed by atoms with Crippen molar-refractivity contribution in [3.63, 3.8) is 0 Å². The number of pyridine rings is 1. The van der Waals surface area contributed by atoms with Crippen LogP contribution >= 0.6 is 12.2 Å². The fourth-order valence-corrected chi connectivity index (χ4v) is 2.20. The van der Waals surface area contributed by atoms with Gasteiger partial charge in [0.25, 0.3) is 0 Å². The van der Waals surface area contributed by atoms with Gasteiger partial charge in [-0.05, 0) is 43.6 Å². The lowest BCUT2D eigenvalue weighted by Crippen LogP contribution is -2.28. The minimum atomic E-state index is 0.211. The number of nitrogens with one attached hydrogen (secondary N) is 1. The van der Waals surface area contributed by atoms with Crippen molar-refractivity contribution < 1.29 is 0 Å². The summed E-state index contributed by atoms with van der Waals surface area (Å²) in [6.07, 6.45) is 6.28. The predicted octanol–water partition coefficient (Wildman–Crippen LogP) is 1.93. The van der Waals surface area contributed by atoms with Crippen LogP contribution in [-0.4, -0.2) is 15.8 Å². The molecule has 0 aromatic carbocycles. The predicted molar refractivity (Wildman–Crippen MR) is 72.8 cm³/mol. The summed E-state index contributed by atoms with van der Waals surface area (Å²) in [5.41, 5.74) is 10.3. The molecule has 1 aliphatic rings. The van der Waals surface area contributed by atoms with Gasteiger partial charge in [-0.1, -0.05) is 12.5 Å². The Bertz CT molecular complexity index is 416. The molecule has 0 amide bonds. The van der Waals surface area contributed by atoms with Gasteiger partial charge in [-0.25, -0.2) is 0 Å². The molecule has 0 radical (unpaired) electrons. The van der Waals surface area contributed by atoms with Gasteiger partial charge in [0.2, 0.25) is 0 Å². The molecular formula is C12H16N4S. The summed E-state index contributed by atoms with van der Waals surface area (Å²) in [5.74, 6) is 0.298. The topological polar surface area (TPSA) is 63.3 Å². The van der Waals surface area contributed by atoms with E-state index in [2.05, 4.69) is 15.5 Å². The Hall–Kier alpha value is -1.49. The van der Waals surface area contributed by atoms with Crippen molar-refractivity contribution in [1.82, 2.24) is 10.4 Å². The summed E-state index contributed by atoms with van der Waals surface area (Å²) in [5, 5.41) is 4.51. The first-order chi connectivity index (χ1) is 8.27. The molecule has 1 heterocycles. The molecule has 3 N–H and O–H groups in total. The van der Waals surface area contributed by atoms with Gasteiger partial charge < -0.3 is 5.73 Å². The Morgan fingerprint density at radius 3 is 3.06 bits per heavy atom. The van der Waals surface area contributed by atoms with Gasteiger partial charge in [0.05, 0.1) is 0 Å². The molecule has 1 saturated carbocycles. The third-order valence-electron chi connectivity index (χ3n) is 2.93. The van der Waals surface area contributed by atoms with E-state index in [1.54, 1.807) is 0 Å². The van der Waals surface area contributed by atoms with E-state index < -0.39 is 0 Å². The first-order valence-corrected chi connectivity index (χ1v) is 6.21. The van der Waals surface area contributed by atoms with Gasteiger partial charge in [0.15, 0.2) is 5.11 Å². The number of hydrazone groups is 1. The zero-order valence-corrected chi connectivity index (χ0v) is 10.4. The van der Waals surface area contributed by atoms with Crippen LogP contribution in [0.15, 0.2) is 29.5 Å². The summed E-state index contributed by atoms with van der Waals surface area (Å²) in [7, 11) is 0. The molecule has 17 heavy (non-hydrogen) atoms. The Morgan fingerprint density at radius 2 is 2.35 bits per heavy atom. The third kappa shape index (κ3) is 3.23. The van der Waals surface area contributed by atoms with Crippen LogP contribution in [0.5, 0.6) is 0 Å². The lowest BCUT2D eigenvalue weighted by atomic mass is 9.85. The van der Waals surface area contributed by atoms with Crippen LogP contribution in [0.1, 0.15) is 37.3 Å². The fourth-order valence-electron chi connectivity index (χ4n) is 2.16. The van der Waals surface area contributed by atoms with Crippen LogP contribution in [0.4, 0.5) is 0 Å². The van der Waals surface area contributed by atoms with Crippen molar-refractivity contribution >= 4 is 23.0 Å². The first kappa shape index (κ1) is 12.0. The number of rotatable bonds is 2.